The van der Waals surface area contributed by atoms with E-state index in [2.05, 4.69) is 151 Å². The van der Waals surface area contributed by atoms with Crippen LogP contribution in [-0.2, 0) is 0 Å². The normalized spacial score (nSPS) is 12.3. The van der Waals surface area contributed by atoms with E-state index < -0.39 is 0 Å². The van der Waals surface area contributed by atoms with E-state index in [1.54, 1.807) is 6.07 Å². The van der Waals surface area contributed by atoms with Crippen LogP contribution >= 0.6 is 0 Å². The van der Waals surface area contributed by atoms with Crippen molar-refractivity contribution in [3.63, 3.8) is 0 Å². The Hall–Kier alpha value is -6.10. The minimum atomic E-state index is 0.266. The van der Waals surface area contributed by atoms with Gasteiger partial charge in [-0.15, -0.1) is 0 Å². The highest BCUT2D eigenvalue weighted by Crippen LogP contribution is 2.47. The maximum atomic E-state index is 10.9. The first-order chi connectivity index (χ1) is 22.8. The number of phenols is 1. The van der Waals surface area contributed by atoms with E-state index in [9.17, 15) is 5.11 Å². The fourth-order valence-electron chi connectivity index (χ4n) is 7.36. The molecule has 1 aliphatic rings. The average Bonchev–Trinajstić information content (AvgIpc) is 3.37. The third kappa shape index (κ3) is 4.05. The summed E-state index contributed by atoms with van der Waals surface area (Å²) in [5.74, 6) is 6.96. The molecule has 0 heterocycles. The lowest BCUT2D eigenvalue weighted by Crippen LogP contribution is -1.95. The second kappa shape index (κ2) is 10.5. The zero-order valence-electron chi connectivity index (χ0n) is 25.1. The van der Waals surface area contributed by atoms with Gasteiger partial charge in [-0.05, 0) is 88.8 Å². The van der Waals surface area contributed by atoms with Gasteiger partial charge in [-0.3, -0.25) is 0 Å². The predicted molar refractivity (Wildman–Crippen MR) is 195 cm³/mol. The SMILES string of the molecule is Oc1cccc2cc(-c3c4ccccc4c(-c4ccc(-c5cccc6ccccc56)cc4)c4ccccc34)c3c(c12)C#CCC=C3. The molecule has 0 aromatic heterocycles. The molecule has 9 rings (SSSR count). The molecule has 1 aliphatic carbocycles. The van der Waals surface area contributed by atoms with Gasteiger partial charge in [0.1, 0.15) is 5.75 Å². The molecule has 0 amide bonds. The van der Waals surface area contributed by atoms with E-state index in [4.69, 9.17) is 0 Å². The number of fused-ring (bicyclic) bond motifs is 6. The average molecular weight is 585 g/mol. The highest BCUT2D eigenvalue weighted by molar-refractivity contribution is 6.23. The van der Waals surface area contributed by atoms with Crippen molar-refractivity contribution < 1.29 is 5.11 Å². The summed E-state index contributed by atoms with van der Waals surface area (Å²) < 4.78 is 0. The van der Waals surface area contributed by atoms with E-state index in [-0.39, 0.29) is 5.75 Å². The molecular formula is C45H28O. The monoisotopic (exact) mass is 584 g/mol. The van der Waals surface area contributed by atoms with Crippen LogP contribution in [-0.4, -0.2) is 5.11 Å². The van der Waals surface area contributed by atoms with Crippen molar-refractivity contribution in [2.75, 3.05) is 0 Å². The van der Waals surface area contributed by atoms with Gasteiger partial charge in [-0.2, -0.15) is 0 Å². The summed E-state index contributed by atoms with van der Waals surface area (Å²) in [6.45, 7) is 0. The highest BCUT2D eigenvalue weighted by atomic mass is 16.3. The number of rotatable bonds is 3. The van der Waals surface area contributed by atoms with E-state index in [0.717, 1.165) is 27.5 Å². The fourth-order valence-corrected chi connectivity index (χ4v) is 7.36. The van der Waals surface area contributed by atoms with Crippen molar-refractivity contribution >= 4 is 49.2 Å². The first kappa shape index (κ1) is 26.3. The van der Waals surface area contributed by atoms with Crippen LogP contribution in [0.25, 0.3) is 82.5 Å². The Bertz CT molecular complexity index is 2550. The highest BCUT2D eigenvalue weighted by Gasteiger charge is 2.21. The number of hydrogen-bond acceptors (Lipinski definition) is 1. The second-order valence-electron chi connectivity index (χ2n) is 11.9. The van der Waals surface area contributed by atoms with E-state index >= 15 is 0 Å². The molecule has 0 atom stereocenters. The summed E-state index contributed by atoms with van der Waals surface area (Å²) in [4.78, 5) is 0. The molecule has 0 saturated heterocycles. The molecular weight excluding hydrogens is 556 g/mol. The van der Waals surface area contributed by atoms with Gasteiger partial charge in [0.15, 0.2) is 0 Å². The van der Waals surface area contributed by atoms with Crippen molar-refractivity contribution in [2.24, 2.45) is 0 Å². The van der Waals surface area contributed by atoms with Gasteiger partial charge >= 0.3 is 0 Å². The minimum Gasteiger partial charge on any atom is -0.507 e. The Balaban J connectivity index is 1.32. The summed E-state index contributed by atoms with van der Waals surface area (Å²) in [5, 5.41) is 20.1. The van der Waals surface area contributed by atoms with Gasteiger partial charge in [0.05, 0.1) is 0 Å². The van der Waals surface area contributed by atoms with Crippen LogP contribution in [0.15, 0.2) is 146 Å². The van der Waals surface area contributed by atoms with Gasteiger partial charge < -0.3 is 5.11 Å². The third-order valence-corrected chi connectivity index (χ3v) is 9.38. The smallest absolute Gasteiger partial charge is 0.124 e. The van der Waals surface area contributed by atoms with Crippen LogP contribution in [0.4, 0.5) is 0 Å². The zero-order valence-corrected chi connectivity index (χ0v) is 25.1. The van der Waals surface area contributed by atoms with Crippen LogP contribution in [0.3, 0.4) is 0 Å². The molecule has 0 bridgehead atoms. The number of hydrogen-bond donors (Lipinski definition) is 1. The predicted octanol–water partition coefficient (Wildman–Crippen LogP) is 11.8. The van der Waals surface area contributed by atoms with Gasteiger partial charge in [0.25, 0.3) is 0 Å². The maximum Gasteiger partial charge on any atom is 0.124 e. The molecule has 0 unspecified atom stereocenters. The molecule has 8 aromatic carbocycles. The third-order valence-electron chi connectivity index (χ3n) is 9.38. The molecule has 214 valence electrons. The summed E-state index contributed by atoms with van der Waals surface area (Å²) in [6, 6.07) is 49.7. The number of aromatic hydroxyl groups is 1. The lowest BCUT2D eigenvalue weighted by Gasteiger charge is -2.20. The van der Waals surface area contributed by atoms with Gasteiger partial charge in [0, 0.05) is 17.4 Å². The van der Waals surface area contributed by atoms with Crippen LogP contribution in [0.5, 0.6) is 5.75 Å². The summed E-state index contributed by atoms with van der Waals surface area (Å²) in [6.07, 6.45) is 4.98. The molecule has 0 aliphatic heterocycles. The quantitative estimate of drug-likeness (QED) is 0.162. The lowest BCUT2D eigenvalue weighted by atomic mass is 9.82. The Labute approximate surface area is 267 Å². The van der Waals surface area contributed by atoms with Gasteiger partial charge in [-0.25, -0.2) is 0 Å². The van der Waals surface area contributed by atoms with Gasteiger partial charge in [-0.1, -0.05) is 151 Å². The lowest BCUT2D eigenvalue weighted by molar-refractivity contribution is 0.481. The minimum absolute atomic E-state index is 0.266. The summed E-state index contributed by atoms with van der Waals surface area (Å²) in [5.41, 5.74) is 9.15. The van der Waals surface area contributed by atoms with Crippen molar-refractivity contribution in [2.45, 2.75) is 6.42 Å². The number of allylic oxidation sites excluding steroid dienone is 1. The number of benzene rings is 8. The van der Waals surface area contributed by atoms with Crippen molar-refractivity contribution in [1.29, 1.82) is 0 Å². The Morgan fingerprint density at radius 3 is 1.83 bits per heavy atom. The second-order valence-corrected chi connectivity index (χ2v) is 11.9. The largest absolute Gasteiger partial charge is 0.507 e. The molecule has 1 nitrogen and oxygen atoms in total. The molecule has 46 heavy (non-hydrogen) atoms. The van der Waals surface area contributed by atoms with Crippen LogP contribution in [0.2, 0.25) is 0 Å². The molecule has 8 aromatic rings. The van der Waals surface area contributed by atoms with Crippen molar-refractivity contribution in [1.82, 2.24) is 0 Å². The fraction of sp³-hybridized carbons (Fsp3) is 0.0222. The van der Waals surface area contributed by atoms with E-state index in [1.165, 1.54) is 60.1 Å². The Kier molecular flexibility index (Phi) is 6.01. The topological polar surface area (TPSA) is 20.2 Å². The number of phenolic OH excluding ortho intramolecular Hbond substituents is 1. The van der Waals surface area contributed by atoms with Gasteiger partial charge in [0.2, 0.25) is 0 Å². The summed E-state index contributed by atoms with van der Waals surface area (Å²) in [7, 11) is 0. The maximum absolute atomic E-state index is 10.9. The molecule has 0 saturated carbocycles. The van der Waals surface area contributed by atoms with Crippen molar-refractivity contribution in [3.05, 3.63) is 157 Å². The van der Waals surface area contributed by atoms with E-state index in [0.29, 0.717) is 6.42 Å². The van der Waals surface area contributed by atoms with Crippen LogP contribution in [0, 0.1) is 11.8 Å². The summed E-state index contributed by atoms with van der Waals surface area (Å²) >= 11 is 0. The Morgan fingerprint density at radius 1 is 0.500 bits per heavy atom. The Morgan fingerprint density at radius 2 is 1.09 bits per heavy atom. The molecule has 0 spiro atoms. The van der Waals surface area contributed by atoms with Crippen LogP contribution < -0.4 is 0 Å². The zero-order chi connectivity index (χ0) is 30.6. The standard InChI is InChI=1S/C45H28O/c46-42-23-11-14-32-28-41(35-16-2-1-3-17-36(35)44(32)42)45-39-20-8-6-18-37(39)43(38-19-7-9-21-40(38)45)31-26-24-30(25-27-31)34-22-10-13-29-12-4-5-15-33(29)34/h2,4-16,18-28,46H,1H2. The molecule has 1 heteroatoms. The van der Waals surface area contributed by atoms with Crippen molar-refractivity contribution in [3.8, 4) is 51.0 Å². The van der Waals surface area contributed by atoms with Crippen LogP contribution in [0.1, 0.15) is 17.5 Å². The molecule has 1 N–H and O–H groups in total. The first-order valence-corrected chi connectivity index (χ1v) is 15.7. The first-order valence-electron chi connectivity index (χ1n) is 15.7. The molecule has 0 fully saturated rings. The molecule has 0 radical (unpaired) electrons. The van der Waals surface area contributed by atoms with E-state index in [1.807, 2.05) is 6.07 Å².